The standard InChI is InChI=1S/C31H28O14/c1-42-21-8-13(2-5-16(21)34)3-7-24(38)45-31-29(41)27(39)23(12-32)44-30(31)26-19(37)11-22-25(28(26)40)18(36)10-20(43-22)14-4-6-15(33)17(35)9-14/h2-11,23,27,29-35,37,39-41H,12H2,1H3/b7-3+/t23-,27+,29-,30-,31+/m0/s1. The molecule has 0 bridgehead atoms. The Hall–Kier alpha value is -5.28. The maximum absolute atomic E-state index is 13.2. The van der Waals surface area contributed by atoms with Crippen molar-refractivity contribution in [1.82, 2.24) is 0 Å². The van der Waals surface area contributed by atoms with Crippen molar-refractivity contribution in [2.75, 3.05) is 13.7 Å². The molecule has 0 amide bonds. The minimum atomic E-state index is -1.89. The highest BCUT2D eigenvalue weighted by Gasteiger charge is 2.49. The lowest BCUT2D eigenvalue weighted by molar-refractivity contribution is -0.240. The zero-order chi connectivity index (χ0) is 32.6. The fraction of sp³-hybridized carbons (Fsp3) is 0.226. The number of phenols is 5. The van der Waals surface area contributed by atoms with E-state index < -0.39 is 82.5 Å². The maximum atomic E-state index is 13.2. The smallest absolute Gasteiger partial charge is 0.331 e. The van der Waals surface area contributed by atoms with Crippen LogP contribution < -0.4 is 10.2 Å². The van der Waals surface area contributed by atoms with Crippen molar-refractivity contribution < 1.29 is 64.3 Å². The van der Waals surface area contributed by atoms with Crippen LogP contribution in [0.3, 0.4) is 0 Å². The molecule has 0 saturated carbocycles. The molecule has 14 nitrogen and oxygen atoms in total. The van der Waals surface area contributed by atoms with Crippen molar-refractivity contribution in [3.63, 3.8) is 0 Å². The molecule has 5 atom stereocenters. The summed E-state index contributed by atoms with van der Waals surface area (Å²) in [6.45, 7) is -0.807. The highest BCUT2D eigenvalue weighted by Crippen LogP contribution is 2.45. The van der Waals surface area contributed by atoms with Gasteiger partial charge in [0.05, 0.1) is 19.3 Å². The van der Waals surface area contributed by atoms with E-state index in [9.17, 15) is 50.4 Å². The molecule has 1 aliphatic heterocycles. The molecule has 5 rings (SSSR count). The van der Waals surface area contributed by atoms with Crippen LogP contribution in [0.15, 0.2) is 63.8 Å². The molecule has 236 valence electrons. The zero-order valence-corrected chi connectivity index (χ0v) is 23.4. The molecule has 8 N–H and O–H groups in total. The Balaban J connectivity index is 1.53. The van der Waals surface area contributed by atoms with Gasteiger partial charge >= 0.3 is 5.97 Å². The number of fused-ring (bicyclic) bond motifs is 1. The van der Waals surface area contributed by atoms with Crippen molar-refractivity contribution >= 4 is 23.0 Å². The van der Waals surface area contributed by atoms with Gasteiger partial charge in [0.15, 0.2) is 34.5 Å². The third-order valence-electron chi connectivity index (χ3n) is 7.29. The van der Waals surface area contributed by atoms with Crippen molar-refractivity contribution in [3.8, 4) is 45.8 Å². The molecule has 0 radical (unpaired) electrons. The van der Waals surface area contributed by atoms with Crippen LogP contribution in [0.1, 0.15) is 17.2 Å². The quantitative estimate of drug-likeness (QED) is 0.0831. The molecule has 1 aliphatic rings. The number of aliphatic hydroxyl groups excluding tert-OH is 3. The third kappa shape index (κ3) is 5.94. The highest BCUT2D eigenvalue weighted by molar-refractivity contribution is 5.89. The van der Waals surface area contributed by atoms with Gasteiger partial charge in [-0.1, -0.05) is 6.07 Å². The number of ether oxygens (including phenoxy) is 3. The minimum absolute atomic E-state index is 0.0769. The fourth-order valence-electron chi connectivity index (χ4n) is 4.99. The molecule has 1 aromatic heterocycles. The van der Waals surface area contributed by atoms with Crippen LogP contribution >= 0.6 is 0 Å². The lowest BCUT2D eigenvalue weighted by atomic mass is 9.89. The zero-order valence-electron chi connectivity index (χ0n) is 23.4. The van der Waals surface area contributed by atoms with Crippen molar-refractivity contribution in [2.45, 2.75) is 30.5 Å². The highest BCUT2D eigenvalue weighted by atomic mass is 16.6. The first-order valence-electron chi connectivity index (χ1n) is 13.4. The molecule has 4 aromatic rings. The lowest BCUT2D eigenvalue weighted by Gasteiger charge is -2.42. The molecule has 0 aliphatic carbocycles. The van der Waals surface area contributed by atoms with Crippen LogP contribution in [0.4, 0.5) is 0 Å². The molecule has 1 fully saturated rings. The average Bonchev–Trinajstić information content (AvgIpc) is 3.00. The molecule has 2 heterocycles. The second-order valence-corrected chi connectivity index (χ2v) is 10.1. The summed E-state index contributed by atoms with van der Waals surface area (Å²) in [6, 6.07) is 9.88. The van der Waals surface area contributed by atoms with Gasteiger partial charge < -0.3 is 59.5 Å². The van der Waals surface area contributed by atoms with Crippen molar-refractivity contribution in [2.24, 2.45) is 0 Å². The molecule has 45 heavy (non-hydrogen) atoms. The molecular weight excluding hydrogens is 596 g/mol. The normalized spacial score (nSPS) is 21.6. The number of aromatic hydroxyl groups is 5. The van der Waals surface area contributed by atoms with Crippen LogP contribution in [-0.4, -0.2) is 85.0 Å². The molecular formula is C31H28O14. The summed E-state index contributed by atoms with van der Waals surface area (Å²) in [4.78, 5) is 26.0. The van der Waals surface area contributed by atoms with Crippen LogP contribution in [0, 0.1) is 0 Å². The monoisotopic (exact) mass is 624 g/mol. The van der Waals surface area contributed by atoms with Crippen LogP contribution in [-0.2, 0) is 14.3 Å². The number of esters is 1. The topological polar surface area (TPSA) is 237 Å². The summed E-state index contributed by atoms with van der Waals surface area (Å²) < 4.78 is 21.8. The summed E-state index contributed by atoms with van der Waals surface area (Å²) in [5.41, 5.74) is -0.971. The minimum Gasteiger partial charge on any atom is -0.507 e. The average molecular weight is 625 g/mol. The van der Waals surface area contributed by atoms with Gasteiger partial charge in [-0.25, -0.2) is 4.79 Å². The summed E-state index contributed by atoms with van der Waals surface area (Å²) in [5, 5.41) is 82.1. The van der Waals surface area contributed by atoms with E-state index in [-0.39, 0.29) is 28.4 Å². The van der Waals surface area contributed by atoms with Gasteiger partial charge in [0.1, 0.15) is 52.6 Å². The third-order valence-corrected chi connectivity index (χ3v) is 7.29. The Labute approximate surface area is 253 Å². The summed E-state index contributed by atoms with van der Waals surface area (Å²) in [7, 11) is 1.34. The second-order valence-electron chi connectivity index (χ2n) is 10.1. The lowest BCUT2D eigenvalue weighted by Crippen LogP contribution is -2.56. The molecule has 0 unspecified atom stereocenters. The van der Waals surface area contributed by atoms with E-state index in [0.717, 1.165) is 24.3 Å². The second kappa shape index (κ2) is 12.4. The summed E-state index contributed by atoms with van der Waals surface area (Å²) in [5.74, 6) is -3.57. The number of phenolic OH excluding ortho intramolecular Hbond substituents is 5. The van der Waals surface area contributed by atoms with Crippen LogP contribution in [0.2, 0.25) is 0 Å². The number of rotatable bonds is 7. The number of hydrogen-bond donors (Lipinski definition) is 8. The Bertz CT molecular complexity index is 1840. The molecule has 0 spiro atoms. The van der Waals surface area contributed by atoms with Gasteiger partial charge in [-0.2, -0.15) is 0 Å². The summed E-state index contributed by atoms with van der Waals surface area (Å²) >= 11 is 0. The maximum Gasteiger partial charge on any atom is 0.331 e. The number of benzene rings is 3. The van der Waals surface area contributed by atoms with E-state index in [1.54, 1.807) is 0 Å². The number of carbonyl (C=O) groups excluding carboxylic acids is 1. The Morgan fingerprint density at radius 1 is 0.911 bits per heavy atom. The predicted molar refractivity (Wildman–Crippen MR) is 155 cm³/mol. The van der Waals surface area contributed by atoms with Gasteiger partial charge in [-0.3, -0.25) is 4.79 Å². The van der Waals surface area contributed by atoms with Gasteiger partial charge in [0, 0.05) is 23.8 Å². The van der Waals surface area contributed by atoms with Crippen molar-refractivity contribution in [1.29, 1.82) is 0 Å². The first kappa shape index (κ1) is 31.2. The van der Waals surface area contributed by atoms with E-state index in [2.05, 4.69) is 0 Å². The van der Waals surface area contributed by atoms with Gasteiger partial charge in [-0.05, 0) is 42.0 Å². The number of aliphatic hydroxyl groups is 3. The number of carbonyl (C=O) groups is 1. The van der Waals surface area contributed by atoms with Crippen LogP contribution in [0.25, 0.3) is 28.4 Å². The van der Waals surface area contributed by atoms with Gasteiger partial charge in [0.2, 0.25) is 0 Å². The Morgan fingerprint density at radius 2 is 1.64 bits per heavy atom. The van der Waals surface area contributed by atoms with E-state index in [1.807, 2.05) is 0 Å². The van der Waals surface area contributed by atoms with Crippen LogP contribution in [0.5, 0.6) is 34.5 Å². The van der Waals surface area contributed by atoms with E-state index in [1.165, 1.54) is 43.5 Å². The fourth-order valence-corrected chi connectivity index (χ4v) is 4.99. The van der Waals surface area contributed by atoms with E-state index in [0.29, 0.717) is 5.56 Å². The summed E-state index contributed by atoms with van der Waals surface area (Å²) in [6.07, 6.45) is -6.29. The Morgan fingerprint density at radius 3 is 2.33 bits per heavy atom. The predicted octanol–water partition coefficient (Wildman–Crippen LogP) is 1.78. The molecule has 14 heteroatoms. The number of methoxy groups -OCH3 is 1. The van der Waals surface area contributed by atoms with E-state index >= 15 is 0 Å². The first-order valence-corrected chi connectivity index (χ1v) is 13.4. The number of hydrogen-bond acceptors (Lipinski definition) is 14. The largest absolute Gasteiger partial charge is 0.507 e. The van der Waals surface area contributed by atoms with E-state index in [4.69, 9.17) is 18.6 Å². The molecule has 1 saturated heterocycles. The van der Waals surface area contributed by atoms with Crippen molar-refractivity contribution in [3.05, 3.63) is 76.0 Å². The Kier molecular flexibility index (Phi) is 8.57. The SMILES string of the molecule is COc1cc(/C=C/C(=O)O[C@@H]2[C@@H](O)[C@H](O)[C@H](CO)O[C@H]2c2c(O)cc3oc(-c4ccc(O)c(O)c4)cc(=O)c3c2O)ccc1O. The molecule has 3 aromatic carbocycles. The van der Waals surface area contributed by atoms with Gasteiger partial charge in [-0.15, -0.1) is 0 Å². The van der Waals surface area contributed by atoms with Gasteiger partial charge in [0.25, 0.3) is 0 Å². The first-order chi connectivity index (χ1) is 21.4.